The van der Waals surface area contributed by atoms with Gasteiger partial charge in [0.1, 0.15) is 5.69 Å². The van der Waals surface area contributed by atoms with E-state index in [1.165, 1.54) is 6.20 Å². The van der Waals surface area contributed by atoms with Gasteiger partial charge in [0.05, 0.1) is 0 Å². The molecule has 0 N–H and O–H groups in total. The number of rotatable bonds is 2. The first-order valence-electron chi connectivity index (χ1n) is 6.44. The van der Waals surface area contributed by atoms with Gasteiger partial charge in [0.2, 0.25) is 5.82 Å². The summed E-state index contributed by atoms with van der Waals surface area (Å²) in [5, 5.41) is 0.765. The summed E-state index contributed by atoms with van der Waals surface area (Å²) in [7, 11) is 9.78. The molecule has 0 aliphatic heterocycles. The molecular formula is C15H6Cl2F5N2Ti-. The molecule has 0 bridgehead atoms. The van der Waals surface area contributed by atoms with Crippen LogP contribution in [0, 0.1) is 29.1 Å². The third-order valence-corrected chi connectivity index (χ3v) is 3.08. The monoisotopic (exact) mass is 427 g/mol. The molecule has 2 aromatic carbocycles. The van der Waals surface area contributed by atoms with Crippen molar-refractivity contribution in [3.05, 3.63) is 65.1 Å². The van der Waals surface area contributed by atoms with Gasteiger partial charge in [-0.2, -0.15) is 6.20 Å². The summed E-state index contributed by atoms with van der Waals surface area (Å²) < 4.78 is 66.1. The molecule has 0 saturated carbocycles. The fourth-order valence-electron chi connectivity index (χ4n) is 2.00. The van der Waals surface area contributed by atoms with Crippen LogP contribution in [0.1, 0.15) is 5.56 Å². The van der Waals surface area contributed by atoms with Gasteiger partial charge in [0, 0.05) is 6.21 Å². The van der Waals surface area contributed by atoms with Crippen LogP contribution in [0.2, 0.25) is 0 Å². The molecule has 3 rings (SSSR count). The number of fused-ring (bicyclic) bond motifs is 1. The molecule has 0 aliphatic rings. The van der Waals surface area contributed by atoms with Crippen molar-refractivity contribution < 1.29 is 39.0 Å². The van der Waals surface area contributed by atoms with E-state index in [2.05, 4.69) is 9.98 Å². The van der Waals surface area contributed by atoms with Crippen LogP contribution in [0.4, 0.5) is 27.6 Å². The second-order valence-electron chi connectivity index (χ2n) is 4.48. The zero-order valence-corrected chi connectivity index (χ0v) is 15.1. The number of halogens is 7. The number of hydrogen-bond acceptors (Lipinski definition) is 1. The first kappa shape index (κ1) is 19.9. The normalized spacial score (nSPS) is 10.8. The fourth-order valence-corrected chi connectivity index (χ4v) is 2.00. The predicted molar refractivity (Wildman–Crippen MR) is 82.5 cm³/mol. The van der Waals surface area contributed by atoms with Crippen molar-refractivity contribution in [1.29, 1.82) is 0 Å². The molecular weight excluding hydrogens is 422 g/mol. The van der Waals surface area contributed by atoms with Crippen LogP contribution in [-0.2, 0) is 17.0 Å². The molecule has 0 spiro atoms. The van der Waals surface area contributed by atoms with E-state index in [-0.39, 0.29) is 0 Å². The third-order valence-electron chi connectivity index (χ3n) is 3.08. The maximum atomic E-state index is 13.5. The topological polar surface area (TPSA) is 26.5 Å². The summed E-state index contributed by atoms with van der Waals surface area (Å²) in [6.45, 7) is 0. The third kappa shape index (κ3) is 4.23. The number of hydrogen-bond donors (Lipinski definition) is 0. The zero-order valence-electron chi connectivity index (χ0n) is 12.0. The molecule has 0 fully saturated rings. The Balaban J connectivity index is 0.000000701. The zero-order chi connectivity index (χ0) is 18.6. The fraction of sp³-hybridized carbons (Fsp3) is 0. The van der Waals surface area contributed by atoms with Crippen LogP contribution in [0.15, 0.2) is 35.5 Å². The molecule has 0 saturated heterocycles. The minimum absolute atomic E-state index is 0.395. The van der Waals surface area contributed by atoms with Crippen molar-refractivity contribution in [2.24, 2.45) is 4.99 Å². The Bertz CT molecular complexity index is 901. The Labute approximate surface area is 155 Å². The summed E-state index contributed by atoms with van der Waals surface area (Å²) in [5.41, 5.74) is -0.332. The van der Waals surface area contributed by atoms with Gasteiger partial charge in [0.15, 0.2) is 23.3 Å². The molecule has 10 heteroatoms. The average molecular weight is 428 g/mol. The summed E-state index contributed by atoms with van der Waals surface area (Å²) in [6.07, 6.45) is 2.54. The summed E-state index contributed by atoms with van der Waals surface area (Å²) in [4.78, 5) is 7.44. The number of aromatic nitrogens is 1. The maximum absolute atomic E-state index is 13.5. The Morgan fingerprint density at radius 3 is 2.04 bits per heavy atom. The van der Waals surface area contributed by atoms with Crippen LogP contribution < -0.4 is 4.98 Å². The van der Waals surface area contributed by atoms with E-state index in [9.17, 15) is 22.0 Å². The minimum atomic E-state index is -2.21. The molecule has 1 heterocycles. The quantitative estimate of drug-likeness (QED) is 0.171. The Morgan fingerprint density at radius 2 is 1.44 bits per heavy atom. The van der Waals surface area contributed by atoms with Crippen molar-refractivity contribution in [2.75, 3.05) is 0 Å². The Hall–Kier alpha value is -1.41. The van der Waals surface area contributed by atoms with E-state index in [0.29, 0.717) is 11.1 Å². The van der Waals surface area contributed by atoms with Crippen molar-refractivity contribution in [3.63, 3.8) is 0 Å². The van der Waals surface area contributed by atoms with E-state index >= 15 is 0 Å². The number of aliphatic imine (C=N–C) groups is 1. The Kier molecular flexibility index (Phi) is 7.01. The summed E-state index contributed by atoms with van der Waals surface area (Å²) >= 11 is -0.556. The predicted octanol–water partition coefficient (Wildman–Crippen LogP) is 5.62. The van der Waals surface area contributed by atoms with Gasteiger partial charge in [-0.15, -0.1) is 5.52 Å². The van der Waals surface area contributed by atoms with Gasteiger partial charge in [-0.1, -0.05) is 24.3 Å². The molecule has 0 unspecified atom stereocenters. The van der Waals surface area contributed by atoms with Gasteiger partial charge in [0.25, 0.3) is 0 Å². The molecule has 3 aromatic rings. The van der Waals surface area contributed by atoms with Gasteiger partial charge in [-0.25, -0.2) is 26.9 Å². The van der Waals surface area contributed by atoms with Crippen LogP contribution in [0.25, 0.3) is 10.9 Å². The Morgan fingerprint density at radius 1 is 0.880 bits per heavy atom. The van der Waals surface area contributed by atoms with Crippen LogP contribution in [0.5, 0.6) is 0 Å². The summed E-state index contributed by atoms with van der Waals surface area (Å²) in [5.74, 6) is -10.2. The number of benzene rings is 2. The van der Waals surface area contributed by atoms with Crippen molar-refractivity contribution >= 4 is 41.4 Å². The molecule has 0 aliphatic carbocycles. The van der Waals surface area contributed by atoms with E-state index in [1.54, 1.807) is 24.3 Å². The molecule has 0 radical (unpaired) electrons. The second kappa shape index (κ2) is 8.80. The van der Waals surface area contributed by atoms with E-state index in [1.807, 2.05) is 0 Å². The van der Waals surface area contributed by atoms with Gasteiger partial charge >= 0.3 is 35.6 Å². The van der Waals surface area contributed by atoms with Gasteiger partial charge in [-0.3, -0.25) is 0 Å². The second-order valence-corrected chi connectivity index (χ2v) is 7.06. The van der Waals surface area contributed by atoms with Crippen molar-refractivity contribution in [1.82, 2.24) is 4.98 Å². The van der Waals surface area contributed by atoms with Crippen LogP contribution in [-0.4, -0.2) is 6.21 Å². The van der Waals surface area contributed by atoms with Crippen LogP contribution >= 0.6 is 18.6 Å². The molecule has 0 amide bonds. The van der Waals surface area contributed by atoms with Crippen molar-refractivity contribution in [3.8, 4) is 0 Å². The first-order chi connectivity index (χ1) is 11.9. The van der Waals surface area contributed by atoms with Crippen LogP contribution in [0.3, 0.4) is 0 Å². The van der Waals surface area contributed by atoms with E-state index in [0.717, 1.165) is 11.6 Å². The van der Waals surface area contributed by atoms with Crippen molar-refractivity contribution in [2.45, 2.75) is 0 Å². The first-order valence-corrected chi connectivity index (χ1v) is 10.7. The molecule has 2 nitrogen and oxygen atoms in total. The van der Waals surface area contributed by atoms with E-state index in [4.69, 9.17) is 18.6 Å². The van der Waals surface area contributed by atoms with Gasteiger partial charge < -0.3 is 4.98 Å². The molecule has 1 aromatic heterocycles. The standard InChI is InChI=1S/C15H6F5N2.2ClH.Ti/c16-9-10(17)12(19)15(13(20)11(9)18)22-6-8-3-1-2-7-4-5-21-14(7)8;;;/h1-6H;2*1H;/q-1;;;+2/p-2. The number of para-hydroxylation sites is 1. The van der Waals surface area contributed by atoms with Gasteiger partial charge in [-0.05, 0) is 10.9 Å². The summed E-state index contributed by atoms with van der Waals surface area (Å²) in [6, 6.07) is 6.69. The molecule has 0 atom stereocenters. The SMILES string of the molecule is Fc1c(F)c(F)c(N=Cc2cccc3cc[n-]c23)c(F)c1F.[Cl][Ti][Cl]. The van der Waals surface area contributed by atoms with E-state index < -0.39 is 51.8 Å². The molecule has 25 heavy (non-hydrogen) atoms. The number of nitrogens with zero attached hydrogens (tertiary/aromatic N) is 2. The average Bonchev–Trinajstić information content (AvgIpc) is 3.08. The molecule has 130 valence electrons.